The van der Waals surface area contributed by atoms with E-state index >= 15 is 0 Å². The first kappa shape index (κ1) is 30.2. The minimum absolute atomic E-state index is 0. The average molecular weight is 590 g/mol. The smallest absolute Gasteiger partial charge is 0.247 e. The second-order valence-corrected chi connectivity index (χ2v) is 8.87. The maximum absolute atomic E-state index is 13.5. The van der Waals surface area contributed by atoms with Gasteiger partial charge in [0.25, 0.3) is 0 Å². The monoisotopic (exact) mass is 589 g/mol. The molecule has 0 aromatic heterocycles. The number of carbonyl (C=O) groups excluding carboxylic acids is 2. The van der Waals surface area contributed by atoms with Crippen LogP contribution in [0.2, 0.25) is 0 Å². The van der Waals surface area contributed by atoms with Gasteiger partial charge in [0.2, 0.25) is 11.8 Å². The third-order valence-electron chi connectivity index (χ3n) is 5.35. The van der Waals surface area contributed by atoms with Crippen LogP contribution in [0, 0.1) is 0 Å². The van der Waals surface area contributed by atoms with Gasteiger partial charge in [0.05, 0.1) is 11.8 Å². The number of nitrogens with zero attached hydrogens (tertiary/aromatic N) is 2. The summed E-state index contributed by atoms with van der Waals surface area (Å²) in [7, 11) is 0. The Balaban J connectivity index is 0.00000456. The van der Waals surface area contributed by atoms with Crippen LogP contribution >= 0.6 is 11.9 Å². The van der Waals surface area contributed by atoms with Crippen molar-refractivity contribution < 1.29 is 57.3 Å². The Morgan fingerprint density at radius 1 is 1.17 bits per heavy atom. The molecule has 3 rings (SSSR count). The second kappa shape index (κ2) is 14.7. The molecule has 6 N–H and O–H groups in total. The van der Waals surface area contributed by atoms with Crippen LogP contribution in [0.1, 0.15) is 43.9 Å². The van der Waals surface area contributed by atoms with Gasteiger partial charge in [-0.1, -0.05) is 48.0 Å². The molecular weight excluding hydrogens is 559 g/mol. The van der Waals surface area contributed by atoms with E-state index in [9.17, 15) is 14.7 Å². The molecule has 10 nitrogen and oxygen atoms in total. The fourth-order valence-electron chi connectivity index (χ4n) is 3.62. The van der Waals surface area contributed by atoms with E-state index in [1.807, 2.05) is 30.3 Å². The molecule has 1 radical (unpaired) electrons. The van der Waals surface area contributed by atoms with E-state index in [0.29, 0.717) is 41.2 Å². The van der Waals surface area contributed by atoms with Gasteiger partial charge >= 0.3 is 0 Å². The minimum Gasteiger partial charge on any atom is -0.508 e. The molecule has 12 heteroatoms. The summed E-state index contributed by atoms with van der Waals surface area (Å²) in [4.78, 5) is 38.2. The number of nitrogens with two attached hydrogens (primary N) is 2. The van der Waals surface area contributed by atoms with E-state index in [0.717, 1.165) is 11.9 Å². The van der Waals surface area contributed by atoms with Gasteiger partial charge < -0.3 is 31.5 Å². The number of aromatic hydroxyl groups is 1. The van der Waals surface area contributed by atoms with Gasteiger partial charge in [0.1, 0.15) is 16.8 Å². The zero-order chi connectivity index (χ0) is 25.4. The first-order chi connectivity index (χ1) is 16.8. The predicted octanol–water partition coefficient (Wildman–Crippen LogP) is 3.08. The molecule has 1 saturated heterocycles. The largest absolute Gasteiger partial charge is 0.508 e. The number of phenols is 1. The summed E-state index contributed by atoms with van der Waals surface area (Å²) in [6.45, 7) is 3.89. The van der Waals surface area contributed by atoms with Crippen molar-refractivity contribution in [3.05, 3.63) is 76.2 Å². The zero-order valence-electron chi connectivity index (χ0n) is 20.2. The summed E-state index contributed by atoms with van der Waals surface area (Å²) in [6, 6.07) is 13.3. The van der Waals surface area contributed by atoms with Crippen LogP contribution in [0.4, 0.5) is 0 Å². The Morgan fingerprint density at radius 2 is 1.83 bits per heavy atom. The first-order valence-electron chi connectivity index (χ1n) is 11.2. The van der Waals surface area contributed by atoms with E-state index in [4.69, 9.17) is 20.7 Å². The molecule has 1 heterocycles. The number of hydrogen-bond donors (Lipinski definition) is 4. The Bertz CT molecular complexity index is 1040. The van der Waals surface area contributed by atoms with Crippen molar-refractivity contribution in [2.45, 2.75) is 44.9 Å². The van der Waals surface area contributed by atoms with Gasteiger partial charge in [-0.25, -0.2) is 0 Å². The van der Waals surface area contributed by atoms with Crippen LogP contribution in [0.15, 0.2) is 59.6 Å². The van der Waals surface area contributed by atoms with Crippen LogP contribution in [-0.4, -0.2) is 40.5 Å². The molecule has 1 aliphatic rings. The van der Waals surface area contributed by atoms with Gasteiger partial charge in [-0.05, 0) is 56.8 Å². The quantitative estimate of drug-likeness (QED) is 0.187. The van der Waals surface area contributed by atoms with Gasteiger partial charge in [-0.2, -0.15) is 0 Å². The van der Waals surface area contributed by atoms with E-state index in [1.54, 1.807) is 26.0 Å². The topological polar surface area (TPSA) is 154 Å². The van der Waals surface area contributed by atoms with Crippen LogP contribution in [0.3, 0.4) is 0 Å². The number of hydrogen-bond acceptors (Lipinski definition) is 8. The predicted molar refractivity (Wildman–Crippen MR) is 134 cm³/mol. The van der Waals surface area contributed by atoms with Crippen molar-refractivity contribution in [1.82, 2.24) is 10.2 Å². The molecule has 0 aliphatic carbocycles. The third-order valence-corrected chi connectivity index (χ3v) is 5.91. The van der Waals surface area contributed by atoms with E-state index < -0.39 is 23.9 Å². The van der Waals surface area contributed by atoms with E-state index in [1.165, 1.54) is 17.0 Å². The number of hydroxylamine groups is 1. The summed E-state index contributed by atoms with van der Waals surface area (Å²) < 4.78 is 0. The molecule has 0 unspecified atom stereocenters. The minimum atomic E-state index is -1.09. The standard InChI is InChI=1S/C24H30N5O5S.Y/c1-15(2)33-34-28-21(17-10-12-18(30)13-11-17)24(32)29-14-6-9-19(29)22(31)27-23(35-26)20(25)16-7-4-3-5-8-16;/h3-5,7-8,10-13,15,19,21,30H,6,9,14,25-26H2,1-2H3,(H,27,31);/q-1;/b23-20-;/t19-,21-;/m0./s1. The Kier molecular flexibility index (Phi) is 12.3. The average Bonchev–Trinajstić information content (AvgIpc) is 3.36. The molecule has 1 fully saturated rings. The Hall–Kier alpha value is -1.99. The van der Waals surface area contributed by atoms with Crippen molar-refractivity contribution in [2.75, 3.05) is 6.54 Å². The summed E-state index contributed by atoms with van der Waals surface area (Å²) >= 11 is 0.828. The summed E-state index contributed by atoms with van der Waals surface area (Å²) in [6.07, 6.45) is 0.837. The molecule has 0 spiro atoms. The number of nitrogens with one attached hydrogen (secondary N) is 1. The van der Waals surface area contributed by atoms with E-state index in [-0.39, 0.29) is 44.6 Å². The maximum Gasteiger partial charge on any atom is 0.247 e. The van der Waals surface area contributed by atoms with Crippen molar-refractivity contribution in [2.24, 2.45) is 10.9 Å². The van der Waals surface area contributed by atoms with Crippen molar-refractivity contribution in [3.8, 4) is 5.75 Å². The van der Waals surface area contributed by atoms with Crippen LogP contribution in [0.5, 0.6) is 5.75 Å². The fraction of sp³-hybridized carbons (Fsp3) is 0.333. The molecule has 2 aromatic rings. The number of amides is 2. The van der Waals surface area contributed by atoms with Crippen LogP contribution in [0.25, 0.3) is 11.2 Å². The van der Waals surface area contributed by atoms with Gasteiger partial charge in [-0.15, -0.1) is 0 Å². The molecule has 191 valence electrons. The van der Waals surface area contributed by atoms with Crippen LogP contribution < -0.4 is 16.2 Å². The molecule has 36 heavy (non-hydrogen) atoms. The Morgan fingerprint density at radius 3 is 2.44 bits per heavy atom. The summed E-state index contributed by atoms with van der Waals surface area (Å²) in [5.74, 6) is -0.776. The molecule has 1 aliphatic heterocycles. The van der Waals surface area contributed by atoms with Crippen LogP contribution in [-0.2, 0) is 52.2 Å². The third kappa shape index (κ3) is 8.01. The van der Waals surface area contributed by atoms with Gasteiger partial charge in [-0.3, -0.25) is 19.6 Å². The van der Waals surface area contributed by atoms with E-state index in [2.05, 4.69) is 10.8 Å². The number of likely N-dealkylation sites (tertiary alicyclic amines) is 1. The van der Waals surface area contributed by atoms with Crippen molar-refractivity contribution in [3.63, 3.8) is 0 Å². The molecule has 2 atom stereocenters. The molecule has 0 bridgehead atoms. The Labute approximate surface area is 240 Å². The molecular formula is C24H30N5O5SY-. The molecule has 2 aromatic carbocycles. The number of carbonyl (C=O) groups is 2. The molecule has 2 amide bonds. The SMILES string of the molecule is CC(C)OO[N-][C@H](C(=O)N1CCC[C@H]1C(=O)N/C(SN)=C(/N)c1ccccc1)c1ccc(O)cc1.[Y]. The van der Waals surface area contributed by atoms with Gasteiger partial charge in [0.15, 0.2) is 0 Å². The van der Waals surface area contributed by atoms with Crippen molar-refractivity contribution >= 4 is 29.5 Å². The molecule has 0 saturated carbocycles. The fourth-order valence-corrected chi connectivity index (χ4v) is 4.03. The van der Waals surface area contributed by atoms with Crippen molar-refractivity contribution in [1.29, 1.82) is 0 Å². The zero-order valence-corrected chi connectivity index (χ0v) is 23.8. The first-order valence-corrected chi connectivity index (χ1v) is 12.0. The number of rotatable bonds is 10. The van der Waals surface area contributed by atoms with Gasteiger partial charge in [0, 0.05) is 44.8 Å². The number of benzene rings is 2. The normalized spacial score (nSPS) is 16.8. The summed E-state index contributed by atoms with van der Waals surface area (Å²) in [5.41, 5.74) is 11.7. The number of phenolic OH excluding ortho intramolecular Hbond substituents is 1. The maximum atomic E-state index is 13.5. The summed E-state index contributed by atoms with van der Waals surface area (Å²) in [5, 5.41) is 18.5. The second-order valence-electron chi connectivity index (χ2n) is 8.22.